The van der Waals surface area contributed by atoms with Gasteiger partial charge in [0.1, 0.15) is 7.14 Å². The molecule has 0 spiro atoms. The molecule has 0 saturated heterocycles. The number of halogens is 2. The standard InChI is InChI=1S/C9H11ClFOP/c1-6-4-7(10)9(11)8(5-6)13(2,3)12/h4-5H,1-3H3. The highest BCUT2D eigenvalue weighted by Gasteiger charge is 2.18. The van der Waals surface area contributed by atoms with E-state index in [1.165, 1.54) is 19.4 Å². The predicted octanol–water partition coefficient (Wildman–Crippen LogP) is 3.04. The summed E-state index contributed by atoms with van der Waals surface area (Å²) in [5.41, 5.74) is 0.824. The first kappa shape index (κ1) is 10.7. The molecule has 0 fully saturated rings. The summed E-state index contributed by atoms with van der Waals surface area (Å²) >= 11 is 5.63. The van der Waals surface area contributed by atoms with Crippen LogP contribution in [0.4, 0.5) is 4.39 Å². The maximum absolute atomic E-state index is 13.4. The first-order chi connectivity index (χ1) is 5.82. The molecule has 0 bridgehead atoms. The molecule has 4 heteroatoms. The molecule has 1 rings (SSSR count). The quantitative estimate of drug-likeness (QED) is 0.665. The molecule has 0 aromatic heterocycles. The molecule has 0 radical (unpaired) electrons. The van der Waals surface area contributed by atoms with E-state index in [1.807, 2.05) is 0 Å². The van der Waals surface area contributed by atoms with E-state index in [9.17, 15) is 8.96 Å². The van der Waals surface area contributed by atoms with E-state index in [0.29, 0.717) is 0 Å². The summed E-state index contributed by atoms with van der Waals surface area (Å²) in [6, 6.07) is 3.11. The Morgan fingerprint density at radius 1 is 1.38 bits per heavy atom. The lowest BCUT2D eigenvalue weighted by Gasteiger charge is -2.10. The maximum Gasteiger partial charge on any atom is 0.152 e. The number of aryl methyl sites for hydroxylation is 1. The fourth-order valence-electron chi connectivity index (χ4n) is 1.10. The molecule has 1 aromatic rings. The molecular formula is C9H11ClFOP. The van der Waals surface area contributed by atoms with Crippen LogP contribution >= 0.6 is 18.7 Å². The van der Waals surface area contributed by atoms with E-state index in [0.717, 1.165) is 5.56 Å². The highest BCUT2D eigenvalue weighted by atomic mass is 35.5. The molecule has 0 saturated carbocycles. The number of benzene rings is 1. The topological polar surface area (TPSA) is 17.1 Å². The van der Waals surface area contributed by atoms with Crippen LogP contribution in [0.15, 0.2) is 12.1 Å². The second-order valence-corrected chi connectivity index (χ2v) is 7.02. The van der Waals surface area contributed by atoms with Gasteiger partial charge in [0.15, 0.2) is 5.82 Å². The van der Waals surface area contributed by atoms with Crippen LogP contribution in [0.1, 0.15) is 5.56 Å². The van der Waals surface area contributed by atoms with Crippen molar-refractivity contribution < 1.29 is 8.96 Å². The summed E-state index contributed by atoms with van der Waals surface area (Å²) in [6.45, 7) is 4.85. The molecule has 0 N–H and O–H groups in total. The second-order valence-electron chi connectivity index (χ2n) is 3.43. The van der Waals surface area contributed by atoms with Crippen LogP contribution in [0.3, 0.4) is 0 Å². The van der Waals surface area contributed by atoms with Crippen molar-refractivity contribution in [1.29, 1.82) is 0 Å². The Bertz CT molecular complexity index is 383. The molecular weight excluding hydrogens is 210 g/mol. The number of rotatable bonds is 1. The third kappa shape index (κ3) is 2.32. The first-order valence-electron chi connectivity index (χ1n) is 3.83. The van der Waals surface area contributed by atoms with E-state index < -0.39 is 13.0 Å². The molecule has 0 heterocycles. The van der Waals surface area contributed by atoms with Crippen LogP contribution in [0.5, 0.6) is 0 Å². The normalized spacial score (nSPS) is 11.8. The van der Waals surface area contributed by atoms with Crippen molar-refractivity contribution in [2.24, 2.45) is 0 Å². The van der Waals surface area contributed by atoms with E-state index >= 15 is 0 Å². The van der Waals surface area contributed by atoms with Crippen LogP contribution in [0, 0.1) is 12.7 Å². The molecule has 0 atom stereocenters. The zero-order chi connectivity index (χ0) is 10.2. The van der Waals surface area contributed by atoms with Gasteiger partial charge in [-0.2, -0.15) is 0 Å². The minimum absolute atomic E-state index is 0.0407. The lowest BCUT2D eigenvalue weighted by Crippen LogP contribution is -2.09. The first-order valence-corrected chi connectivity index (χ1v) is 6.81. The Kier molecular flexibility index (Phi) is 2.84. The van der Waals surface area contributed by atoms with Gasteiger partial charge in [-0.1, -0.05) is 11.6 Å². The molecule has 0 unspecified atom stereocenters. The van der Waals surface area contributed by atoms with Crippen molar-refractivity contribution in [1.82, 2.24) is 0 Å². The Labute approximate surface area is 82.3 Å². The van der Waals surface area contributed by atoms with E-state index in [1.54, 1.807) is 13.0 Å². The minimum Gasteiger partial charge on any atom is -0.319 e. The highest BCUT2D eigenvalue weighted by molar-refractivity contribution is 7.70. The maximum atomic E-state index is 13.4. The molecule has 0 aliphatic heterocycles. The fraction of sp³-hybridized carbons (Fsp3) is 0.333. The monoisotopic (exact) mass is 220 g/mol. The predicted molar refractivity (Wildman–Crippen MR) is 55.2 cm³/mol. The average molecular weight is 221 g/mol. The summed E-state index contributed by atoms with van der Waals surface area (Å²) in [7, 11) is -2.57. The van der Waals surface area contributed by atoms with Gasteiger partial charge in [-0.15, -0.1) is 0 Å². The zero-order valence-electron chi connectivity index (χ0n) is 7.77. The molecule has 13 heavy (non-hydrogen) atoms. The lowest BCUT2D eigenvalue weighted by atomic mass is 10.2. The largest absolute Gasteiger partial charge is 0.319 e. The van der Waals surface area contributed by atoms with Crippen molar-refractivity contribution in [2.75, 3.05) is 13.3 Å². The molecule has 0 aliphatic rings. The van der Waals surface area contributed by atoms with Gasteiger partial charge in [0.05, 0.1) is 5.02 Å². The van der Waals surface area contributed by atoms with Gasteiger partial charge in [-0.05, 0) is 37.9 Å². The van der Waals surface area contributed by atoms with Gasteiger partial charge in [-0.3, -0.25) is 0 Å². The number of hydrogen-bond donors (Lipinski definition) is 0. The van der Waals surface area contributed by atoms with E-state index in [4.69, 9.17) is 11.6 Å². The van der Waals surface area contributed by atoms with Crippen molar-refractivity contribution in [3.8, 4) is 0 Å². The van der Waals surface area contributed by atoms with Crippen LogP contribution < -0.4 is 5.30 Å². The Morgan fingerprint density at radius 2 is 1.92 bits per heavy atom. The molecule has 0 amide bonds. The zero-order valence-corrected chi connectivity index (χ0v) is 9.42. The number of hydrogen-bond acceptors (Lipinski definition) is 1. The van der Waals surface area contributed by atoms with Crippen LogP contribution in [-0.4, -0.2) is 13.3 Å². The van der Waals surface area contributed by atoms with Gasteiger partial charge in [0.25, 0.3) is 0 Å². The van der Waals surface area contributed by atoms with Gasteiger partial charge in [0.2, 0.25) is 0 Å². The Balaban J connectivity index is 3.46. The third-order valence-electron chi connectivity index (χ3n) is 1.73. The van der Waals surface area contributed by atoms with Crippen molar-refractivity contribution >= 4 is 24.0 Å². The molecule has 1 nitrogen and oxygen atoms in total. The van der Waals surface area contributed by atoms with E-state index in [-0.39, 0.29) is 10.3 Å². The average Bonchev–Trinajstić information content (AvgIpc) is 1.94. The summed E-state index contributed by atoms with van der Waals surface area (Å²) in [5, 5.41) is 0.274. The van der Waals surface area contributed by atoms with Gasteiger partial charge >= 0.3 is 0 Å². The van der Waals surface area contributed by atoms with Crippen LogP contribution in [0.25, 0.3) is 0 Å². The fourth-order valence-corrected chi connectivity index (χ4v) is 2.55. The van der Waals surface area contributed by atoms with Crippen molar-refractivity contribution in [3.05, 3.63) is 28.5 Å². The smallest absolute Gasteiger partial charge is 0.152 e. The van der Waals surface area contributed by atoms with Gasteiger partial charge in [-0.25, -0.2) is 4.39 Å². The van der Waals surface area contributed by atoms with E-state index in [2.05, 4.69) is 0 Å². The minimum atomic E-state index is -2.57. The molecule has 0 aliphatic carbocycles. The highest BCUT2D eigenvalue weighted by Crippen LogP contribution is 2.37. The molecule has 72 valence electrons. The third-order valence-corrected chi connectivity index (χ3v) is 3.49. The lowest BCUT2D eigenvalue weighted by molar-refractivity contribution is 0.584. The summed E-state index contributed by atoms with van der Waals surface area (Å²) < 4.78 is 25.0. The Hall–Kier alpha value is -0.330. The van der Waals surface area contributed by atoms with Gasteiger partial charge in [0, 0.05) is 5.30 Å². The second kappa shape index (κ2) is 3.43. The van der Waals surface area contributed by atoms with Crippen molar-refractivity contribution in [2.45, 2.75) is 6.92 Å². The van der Waals surface area contributed by atoms with Crippen molar-refractivity contribution in [3.63, 3.8) is 0 Å². The summed E-state index contributed by atoms with van der Waals surface area (Å²) in [5.74, 6) is -0.555. The SMILES string of the molecule is Cc1cc(Cl)c(F)c(P(C)(C)=O)c1. The molecule has 1 aromatic carbocycles. The Morgan fingerprint density at radius 3 is 2.38 bits per heavy atom. The van der Waals surface area contributed by atoms with Gasteiger partial charge < -0.3 is 4.57 Å². The summed E-state index contributed by atoms with van der Waals surface area (Å²) in [6.07, 6.45) is 0. The van der Waals surface area contributed by atoms with Crippen LogP contribution in [-0.2, 0) is 4.57 Å². The van der Waals surface area contributed by atoms with Crippen LogP contribution in [0.2, 0.25) is 5.02 Å². The summed E-state index contributed by atoms with van der Waals surface area (Å²) in [4.78, 5) is 0.